The number of ether oxygens (including phenoxy) is 1. The SMILES string of the molecule is COCCCNC(=O)C(=O)N/N=C\c1ccccc1Cl. The van der Waals surface area contributed by atoms with E-state index in [0.717, 1.165) is 0 Å². The fraction of sp³-hybridized carbons (Fsp3) is 0.308. The molecule has 0 aliphatic heterocycles. The molecule has 20 heavy (non-hydrogen) atoms. The second-order valence-corrected chi connectivity index (χ2v) is 4.23. The van der Waals surface area contributed by atoms with E-state index >= 15 is 0 Å². The second-order valence-electron chi connectivity index (χ2n) is 3.82. The van der Waals surface area contributed by atoms with Gasteiger partial charge in [0.15, 0.2) is 0 Å². The van der Waals surface area contributed by atoms with Gasteiger partial charge >= 0.3 is 11.8 Å². The highest BCUT2D eigenvalue weighted by Gasteiger charge is 2.11. The van der Waals surface area contributed by atoms with Crippen molar-refractivity contribution in [1.29, 1.82) is 0 Å². The van der Waals surface area contributed by atoms with Gasteiger partial charge in [-0.3, -0.25) is 9.59 Å². The summed E-state index contributed by atoms with van der Waals surface area (Å²) in [6, 6.07) is 7.01. The number of nitrogens with one attached hydrogen (secondary N) is 2. The van der Waals surface area contributed by atoms with Crippen molar-refractivity contribution in [3.63, 3.8) is 0 Å². The van der Waals surface area contributed by atoms with Crippen molar-refractivity contribution in [2.45, 2.75) is 6.42 Å². The van der Waals surface area contributed by atoms with E-state index in [1.807, 2.05) is 0 Å². The summed E-state index contributed by atoms with van der Waals surface area (Å²) in [6.07, 6.45) is 2.01. The van der Waals surface area contributed by atoms with E-state index in [2.05, 4.69) is 15.8 Å². The number of halogens is 1. The molecule has 108 valence electrons. The van der Waals surface area contributed by atoms with Crippen molar-refractivity contribution >= 4 is 29.6 Å². The Morgan fingerprint density at radius 3 is 2.80 bits per heavy atom. The Kier molecular flexibility index (Phi) is 7.31. The zero-order valence-electron chi connectivity index (χ0n) is 11.1. The number of rotatable bonds is 6. The van der Waals surface area contributed by atoms with Crippen LogP contribution >= 0.6 is 11.6 Å². The predicted octanol–water partition coefficient (Wildman–Crippen LogP) is 0.943. The Bertz CT molecular complexity index is 492. The van der Waals surface area contributed by atoms with E-state index in [1.165, 1.54) is 6.21 Å². The molecule has 0 aromatic heterocycles. The molecule has 0 fully saturated rings. The molecule has 0 aliphatic rings. The van der Waals surface area contributed by atoms with Crippen LogP contribution in [-0.4, -0.2) is 38.3 Å². The molecule has 0 unspecified atom stereocenters. The molecule has 2 amide bonds. The van der Waals surface area contributed by atoms with Crippen LogP contribution < -0.4 is 10.7 Å². The van der Waals surface area contributed by atoms with E-state index in [0.29, 0.717) is 30.2 Å². The van der Waals surface area contributed by atoms with Crippen molar-refractivity contribution in [3.05, 3.63) is 34.9 Å². The number of methoxy groups -OCH3 is 1. The Morgan fingerprint density at radius 2 is 2.10 bits per heavy atom. The summed E-state index contributed by atoms with van der Waals surface area (Å²) < 4.78 is 4.82. The average molecular weight is 298 g/mol. The van der Waals surface area contributed by atoms with Crippen LogP contribution in [-0.2, 0) is 14.3 Å². The van der Waals surface area contributed by atoms with Crippen molar-refractivity contribution in [2.75, 3.05) is 20.3 Å². The largest absolute Gasteiger partial charge is 0.385 e. The Morgan fingerprint density at radius 1 is 1.35 bits per heavy atom. The molecule has 0 radical (unpaired) electrons. The van der Waals surface area contributed by atoms with Crippen LogP contribution in [0.4, 0.5) is 0 Å². The van der Waals surface area contributed by atoms with Gasteiger partial charge in [0.2, 0.25) is 0 Å². The minimum Gasteiger partial charge on any atom is -0.385 e. The summed E-state index contributed by atoms with van der Waals surface area (Å²) in [7, 11) is 1.57. The standard InChI is InChI=1S/C13H16ClN3O3/c1-20-8-4-7-15-12(18)13(19)17-16-9-10-5-2-3-6-11(10)14/h2-3,5-6,9H,4,7-8H2,1H3,(H,15,18)(H,17,19)/b16-9-. The summed E-state index contributed by atoms with van der Waals surface area (Å²) in [5.41, 5.74) is 2.78. The Hall–Kier alpha value is -1.92. The van der Waals surface area contributed by atoms with E-state index in [1.54, 1.807) is 31.4 Å². The Balaban J connectivity index is 2.35. The normalized spacial score (nSPS) is 10.5. The zero-order chi connectivity index (χ0) is 14.8. The van der Waals surface area contributed by atoms with Crippen molar-refractivity contribution in [1.82, 2.24) is 10.7 Å². The van der Waals surface area contributed by atoms with Crippen molar-refractivity contribution < 1.29 is 14.3 Å². The highest BCUT2D eigenvalue weighted by molar-refractivity contribution is 6.35. The van der Waals surface area contributed by atoms with Crippen LogP contribution in [0.5, 0.6) is 0 Å². The number of carbonyl (C=O) groups is 2. The van der Waals surface area contributed by atoms with Crippen LogP contribution in [0.25, 0.3) is 0 Å². The molecule has 7 heteroatoms. The first-order chi connectivity index (χ1) is 9.65. The second kappa shape index (κ2) is 9.06. The molecule has 1 rings (SSSR count). The average Bonchev–Trinajstić information content (AvgIpc) is 2.45. The predicted molar refractivity (Wildman–Crippen MR) is 76.7 cm³/mol. The summed E-state index contributed by atoms with van der Waals surface area (Å²) in [4.78, 5) is 22.7. The van der Waals surface area contributed by atoms with Gasteiger partial charge in [-0.1, -0.05) is 29.8 Å². The summed E-state index contributed by atoms with van der Waals surface area (Å²) in [5, 5.41) is 6.63. The molecule has 1 aromatic rings. The third-order valence-corrected chi connectivity index (χ3v) is 2.64. The highest BCUT2D eigenvalue weighted by atomic mass is 35.5. The van der Waals surface area contributed by atoms with E-state index < -0.39 is 11.8 Å². The van der Waals surface area contributed by atoms with E-state index in [9.17, 15) is 9.59 Å². The fourth-order valence-electron chi connectivity index (χ4n) is 1.29. The quantitative estimate of drug-likeness (QED) is 0.355. The van der Waals surface area contributed by atoms with Gasteiger partial charge in [0, 0.05) is 30.8 Å². The molecule has 0 bridgehead atoms. The first-order valence-electron chi connectivity index (χ1n) is 6.00. The molecule has 1 aromatic carbocycles. The first kappa shape index (κ1) is 16.1. The molecule has 0 spiro atoms. The number of hydrogen-bond acceptors (Lipinski definition) is 4. The Labute approximate surface area is 122 Å². The van der Waals surface area contributed by atoms with Crippen LogP contribution in [0.2, 0.25) is 5.02 Å². The maximum Gasteiger partial charge on any atom is 0.329 e. The minimum atomic E-state index is -0.828. The molecule has 0 saturated heterocycles. The summed E-state index contributed by atoms with van der Waals surface area (Å²) in [5.74, 6) is -1.57. The third kappa shape index (κ3) is 5.81. The molecule has 0 heterocycles. The molecule has 0 saturated carbocycles. The zero-order valence-corrected chi connectivity index (χ0v) is 11.8. The molecular formula is C13H16ClN3O3. The van der Waals surface area contributed by atoms with Crippen molar-refractivity contribution in [3.8, 4) is 0 Å². The van der Waals surface area contributed by atoms with Gasteiger partial charge < -0.3 is 10.1 Å². The monoisotopic (exact) mass is 297 g/mol. The van der Waals surface area contributed by atoms with E-state index in [-0.39, 0.29) is 0 Å². The topological polar surface area (TPSA) is 79.8 Å². The van der Waals surface area contributed by atoms with Crippen LogP contribution in [0.1, 0.15) is 12.0 Å². The van der Waals surface area contributed by atoms with Gasteiger partial charge in [-0.15, -0.1) is 0 Å². The van der Waals surface area contributed by atoms with Crippen LogP contribution in [0, 0.1) is 0 Å². The number of nitrogens with zero attached hydrogens (tertiary/aromatic N) is 1. The minimum absolute atomic E-state index is 0.369. The van der Waals surface area contributed by atoms with Gasteiger partial charge in [-0.25, -0.2) is 5.43 Å². The van der Waals surface area contributed by atoms with Gasteiger partial charge in [-0.2, -0.15) is 5.10 Å². The molecule has 0 atom stereocenters. The van der Waals surface area contributed by atoms with Gasteiger partial charge in [0.05, 0.1) is 6.21 Å². The number of benzene rings is 1. The van der Waals surface area contributed by atoms with Gasteiger partial charge in [0.1, 0.15) is 0 Å². The highest BCUT2D eigenvalue weighted by Crippen LogP contribution is 2.11. The maximum absolute atomic E-state index is 11.4. The van der Waals surface area contributed by atoms with Crippen LogP contribution in [0.3, 0.4) is 0 Å². The van der Waals surface area contributed by atoms with Gasteiger partial charge in [0.25, 0.3) is 0 Å². The fourth-order valence-corrected chi connectivity index (χ4v) is 1.47. The molecule has 6 nitrogen and oxygen atoms in total. The molecular weight excluding hydrogens is 282 g/mol. The van der Waals surface area contributed by atoms with E-state index in [4.69, 9.17) is 16.3 Å². The lowest BCUT2D eigenvalue weighted by Gasteiger charge is -2.03. The lowest BCUT2D eigenvalue weighted by molar-refractivity contribution is -0.139. The molecule has 0 aliphatic carbocycles. The maximum atomic E-state index is 11.4. The lowest BCUT2D eigenvalue weighted by atomic mass is 10.2. The summed E-state index contributed by atoms with van der Waals surface area (Å²) >= 11 is 5.91. The lowest BCUT2D eigenvalue weighted by Crippen LogP contribution is -2.38. The number of hydrogen-bond donors (Lipinski definition) is 2. The number of carbonyl (C=O) groups excluding carboxylic acids is 2. The smallest absolute Gasteiger partial charge is 0.329 e. The summed E-state index contributed by atoms with van der Waals surface area (Å²) in [6.45, 7) is 0.890. The number of amides is 2. The third-order valence-electron chi connectivity index (χ3n) is 2.29. The van der Waals surface area contributed by atoms with Crippen LogP contribution in [0.15, 0.2) is 29.4 Å². The molecule has 2 N–H and O–H groups in total. The number of hydrazone groups is 1. The first-order valence-corrected chi connectivity index (χ1v) is 6.37. The van der Waals surface area contributed by atoms with Crippen molar-refractivity contribution in [2.24, 2.45) is 5.10 Å². The van der Waals surface area contributed by atoms with Gasteiger partial charge in [-0.05, 0) is 12.5 Å².